The lowest BCUT2D eigenvalue weighted by Crippen LogP contribution is -2.34. The molecule has 146 valence electrons. The van der Waals surface area contributed by atoms with Crippen LogP contribution in [0.4, 0.5) is 18.9 Å². The van der Waals surface area contributed by atoms with E-state index in [1.807, 2.05) is 24.3 Å². The smallest absolute Gasteiger partial charge is 0.406 e. The Morgan fingerprint density at radius 1 is 1.11 bits per heavy atom. The summed E-state index contributed by atoms with van der Waals surface area (Å²) in [5.74, 6) is -1.14. The Hall–Kier alpha value is -3.07. The highest BCUT2D eigenvalue weighted by Gasteiger charge is 2.31. The molecule has 0 atom stereocenters. The number of fused-ring (bicyclic) bond motifs is 1. The number of ether oxygens (including phenoxy) is 1. The van der Waals surface area contributed by atoms with Gasteiger partial charge in [0, 0.05) is 17.4 Å². The highest BCUT2D eigenvalue weighted by Crippen LogP contribution is 2.26. The van der Waals surface area contributed by atoms with Gasteiger partial charge in [0.1, 0.15) is 5.75 Å². The zero-order valence-corrected chi connectivity index (χ0v) is 15.4. The van der Waals surface area contributed by atoms with Crippen molar-refractivity contribution in [3.8, 4) is 5.75 Å². The number of hydrogen-bond donors (Lipinski definition) is 1. The SMILES string of the molecule is CN(CC(=O)Nc1ccc(OC(F)(F)F)cc1)C(=O)c1cc2ccccc2s1. The lowest BCUT2D eigenvalue weighted by molar-refractivity contribution is -0.274. The van der Waals surface area contributed by atoms with Gasteiger partial charge >= 0.3 is 6.36 Å². The molecule has 2 aromatic carbocycles. The summed E-state index contributed by atoms with van der Waals surface area (Å²) >= 11 is 1.34. The number of hydrogen-bond acceptors (Lipinski definition) is 4. The first-order valence-corrected chi connectivity index (χ1v) is 8.92. The monoisotopic (exact) mass is 408 g/mol. The Labute approximate surface area is 162 Å². The molecule has 1 aromatic heterocycles. The average Bonchev–Trinajstić information content (AvgIpc) is 3.05. The van der Waals surface area contributed by atoms with Crippen LogP contribution in [0.25, 0.3) is 10.1 Å². The van der Waals surface area contributed by atoms with Crippen LogP contribution < -0.4 is 10.1 Å². The van der Waals surface area contributed by atoms with Crippen LogP contribution in [0.15, 0.2) is 54.6 Å². The largest absolute Gasteiger partial charge is 0.573 e. The molecule has 28 heavy (non-hydrogen) atoms. The molecule has 9 heteroatoms. The summed E-state index contributed by atoms with van der Waals surface area (Å²) < 4.78 is 41.2. The van der Waals surface area contributed by atoms with Gasteiger partial charge in [0.2, 0.25) is 5.91 Å². The van der Waals surface area contributed by atoms with Gasteiger partial charge in [0.05, 0.1) is 11.4 Å². The minimum atomic E-state index is -4.78. The van der Waals surface area contributed by atoms with Gasteiger partial charge in [0.25, 0.3) is 5.91 Å². The first kappa shape index (κ1) is 19.7. The van der Waals surface area contributed by atoms with E-state index in [2.05, 4.69) is 10.1 Å². The van der Waals surface area contributed by atoms with Gasteiger partial charge in [-0.25, -0.2) is 0 Å². The number of thiophene rings is 1. The number of nitrogens with one attached hydrogen (secondary N) is 1. The highest BCUT2D eigenvalue weighted by atomic mass is 32.1. The number of anilines is 1. The van der Waals surface area contributed by atoms with Gasteiger partial charge in [-0.15, -0.1) is 24.5 Å². The lowest BCUT2D eigenvalue weighted by atomic mass is 10.2. The summed E-state index contributed by atoms with van der Waals surface area (Å²) in [5, 5.41) is 3.48. The van der Waals surface area contributed by atoms with Crippen molar-refractivity contribution in [3.63, 3.8) is 0 Å². The Kier molecular flexibility index (Phi) is 5.55. The van der Waals surface area contributed by atoms with Gasteiger partial charge < -0.3 is 15.0 Å². The van der Waals surface area contributed by atoms with Gasteiger partial charge in [0.15, 0.2) is 0 Å². The second kappa shape index (κ2) is 7.89. The Morgan fingerprint density at radius 3 is 2.43 bits per heavy atom. The minimum Gasteiger partial charge on any atom is -0.406 e. The number of halogens is 3. The zero-order chi connectivity index (χ0) is 20.3. The van der Waals surface area contributed by atoms with Crippen molar-refractivity contribution >= 4 is 38.9 Å². The molecule has 0 bridgehead atoms. The molecule has 0 unspecified atom stereocenters. The second-order valence-electron chi connectivity index (χ2n) is 5.93. The third-order valence-corrected chi connectivity index (χ3v) is 4.84. The standard InChI is InChI=1S/C19H15F3N2O3S/c1-24(18(26)16-10-12-4-2-3-5-15(12)28-16)11-17(25)23-13-6-8-14(9-7-13)27-19(20,21)22/h2-10H,11H2,1H3,(H,23,25). The predicted molar refractivity (Wildman–Crippen MR) is 101 cm³/mol. The molecular weight excluding hydrogens is 393 g/mol. The van der Waals surface area contributed by atoms with Crippen molar-refractivity contribution in [2.75, 3.05) is 18.9 Å². The molecule has 1 N–H and O–H groups in total. The van der Waals surface area contributed by atoms with Crippen LogP contribution >= 0.6 is 11.3 Å². The van der Waals surface area contributed by atoms with Crippen LogP contribution in [0.5, 0.6) is 5.75 Å². The quantitative estimate of drug-likeness (QED) is 0.676. The molecule has 0 aliphatic heterocycles. The molecule has 0 saturated carbocycles. The minimum absolute atomic E-state index is 0.201. The molecular formula is C19H15F3N2O3S. The van der Waals surface area contributed by atoms with Crippen molar-refractivity contribution < 1.29 is 27.5 Å². The summed E-state index contributed by atoms with van der Waals surface area (Å²) in [6.45, 7) is -0.201. The van der Waals surface area contributed by atoms with E-state index in [1.165, 1.54) is 35.4 Å². The number of rotatable bonds is 5. The number of likely N-dealkylation sites (N-methyl/N-ethyl adjacent to an activating group) is 1. The fourth-order valence-electron chi connectivity index (χ4n) is 2.50. The van der Waals surface area contributed by atoms with Gasteiger partial charge in [-0.2, -0.15) is 0 Å². The first-order chi connectivity index (χ1) is 13.2. The number of alkyl halides is 3. The molecule has 0 spiro atoms. The molecule has 0 fully saturated rings. The van der Waals surface area contributed by atoms with E-state index in [-0.39, 0.29) is 18.2 Å². The van der Waals surface area contributed by atoms with Crippen LogP contribution in [0, 0.1) is 0 Å². The summed E-state index contributed by atoms with van der Waals surface area (Å²) in [6, 6.07) is 14.1. The fraction of sp³-hybridized carbons (Fsp3) is 0.158. The van der Waals surface area contributed by atoms with E-state index >= 15 is 0 Å². The summed E-state index contributed by atoms with van der Waals surface area (Å²) in [4.78, 5) is 26.4. The third kappa shape index (κ3) is 5.01. The summed E-state index contributed by atoms with van der Waals surface area (Å²) in [5.41, 5.74) is 0.294. The van der Waals surface area contributed by atoms with Crippen LogP contribution in [-0.2, 0) is 4.79 Å². The van der Waals surface area contributed by atoms with E-state index in [4.69, 9.17) is 0 Å². The van der Waals surface area contributed by atoms with Crippen molar-refractivity contribution in [1.82, 2.24) is 4.90 Å². The summed E-state index contributed by atoms with van der Waals surface area (Å²) in [6.07, 6.45) is -4.78. The van der Waals surface area contributed by atoms with Crippen molar-refractivity contribution in [2.45, 2.75) is 6.36 Å². The molecule has 1 heterocycles. The van der Waals surface area contributed by atoms with E-state index in [0.717, 1.165) is 22.2 Å². The normalized spacial score (nSPS) is 11.3. The van der Waals surface area contributed by atoms with E-state index in [9.17, 15) is 22.8 Å². The van der Waals surface area contributed by atoms with E-state index in [0.29, 0.717) is 10.6 Å². The average molecular weight is 408 g/mol. The maximum absolute atomic E-state index is 12.5. The molecule has 5 nitrogen and oxygen atoms in total. The molecule has 3 rings (SSSR count). The zero-order valence-electron chi connectivity index (χ0n) is 14.6. The Bertz CT molecular complexity index is 967. The van der Waals surface area contributed by atoms with Crippen LogP contribution in [0.3, 0.4) is 0 Å². The molecule has 2 amide bonds. The maximum Gasteiger partial charge on any atom is 0.573 e. The molecule has 0 aliphatic rings. The number of nitrogens with zero attached hydrogens (tertiary/aromatic N) is 1. The van der Waals surface area contributed by atoms with Crippen LogP contribution in [-0.4, -0.2) is 36.7 Å². The van der Waals surface area contributed by atoms with Gasteiger partial charge in [-0.05, 0) is 41.8 Å². The maximum atomic E-state index is 12.5. The fourth-order valence-corrected chi connectivity index (χ4v) is 3.56. The lowest BCUT2D eigenvalue weighted by Gasteiger charge is -2.16. The molecule has 3 aromatic rings. The Morgan fingerprint density at radius 2 is 1.79 bits per heavy atom. The van der Waals surface area contributed by atoms with Crippen molar-refractivity contribution in [1.29, 1.82) is 0 Å². The second-order valence-corrected chi connectivity index (χ2v) is 7.01. The van der Waals surface area contributed by atoms with Crippen molar-refractivity contribution in [3.05, 3.63) is 59.5 Å². The molecule has 0 radical (unpaired) electrons. The Balaban J connectivity index is 1.58. The number of amides is 2. The highest BCUT2D eigenvalue weighted by molar-refractivity contribution is 7.20. The van der Waals surface area contributed by atoms with Crippen LogP contribution in [0.2, 0.25) is 0 Å². The predicted octanol–water partition coefficient (Wildman–Crippen LogP) is 4.51. The van der Waals surface area contributed by atoms with Crippen molar-refractivity contribution in [2.24, 2.45) is 0 Å². The first-order valence-electron chi connectivity index (χ1n) is 8.11. The number of carbonyl (C=O) groups is 2. The molecule has 0 aliphatic carbocycles. The topological polar surface area (TPSA) is 58.6 Å². The van der Waals surface area contributed by atoms with E-state index < -0.39 is 12.3 Å². The van der Waals surface area contributed by atoms with Gasteiger partial charge in [-0.1, -0.05) is 18.2 Å². The third-order valence-electron chi connectivity index (χ3n) is 3.74. The number of carbonyl (C=O) groups excluding carboxylic acids is 2. The summed E-state index contributed by atoms with van der Waals surface area (Å²) in [7, 11) is 1.51. The molecule has 0 saturated heterocycles. The number of benzene rings is 2. The van der Waals surface area contributed by atoms with Crippen LogP contribution in [0.1, 0.15) is 9.67 Å². The van der Waals surface area contributed by atoms with E-state index in [1.54, 1.807) is 6.07 Å². The van der Waals surface area contributed by atoms with Gasteiger partial charge in [-0.3, -0.25) is 9.59 Å².